The van der Waals surface area contributed by atoms with E-state index >= 15 is 0 Å². The summed E-state index contributed by atoms with van der Waals surface area (Å²) >= 11 is 0. The predicted octanol–water partition coefficient (Wildman–Crippen LogP) is 0.0806. The molecule has 0 aromatic rings. The van der Waals surface area contributed by atoms with Gasteiger partial charge in [0.25, 0.3) is 0 Å². The van der Waals surface area contributed by atoms with Crippen molar-refractivity contribution in [1.82, 2.24) is 9.80 Å². The summed E-state index contributed by atoms with van der Waals surface area (Å²) < 4.78 is 5.29. The number of methoxy groups -OCH3 is 1. The molecule has 7 nitrogen and oxygen atoms in total. The summed E-state index contributed by atoms with van der Waals surface area (Å²) in [5.74, 6) is 0.304. The van der Waals surface area contributed by atoms with Gasteiger partial charge >= 0.3 is 0 Å². The largest absolute Gasteiger partial charge is 0.409 e. The van der Waals surface area contributed by atoms with E-state index in [1.54, 1.807) is 7.11 Å². The van der Waals surface area contributed by atoms with E-state index in [0.717, 1.165) is 13.1 Å². The number of rotatable bonds is 5. The van der Waals surface area contributed by atoms with Gasteiger partial charge in [-0.15, -0.1) is 0 Å². The van der Waals surface area contributed by atoms with Gasteiger partial charge in [0, 0.05) is 33.3 Å². The Kier molecular flexibility index (Phi) is 5.76. The summed E-state index contributed by atoms with van der Waals surface area (Å²) in [6.45, 7) is 8.44. The zero-order valence-corrected chi connectivity index (χ0v) is 12.8. The Hall–Kier alpha value is -1.34. The second kappa shape index (κ2) is 6.90. The summed E-state index contributed by atoms with van der Waals surface area (Å²) in [5, 5.41) is 11.7. The van der Waals surface area contributed by atoms with Gasteiger partial charge in [-0.1, -0.05) is 5.16 Å². The van der Waals surface area contributed by atoms with Crippen molar-refractivity contribution in [2.75, 3.05) is 33.3 Å². The maximum atomic E-state index is 12.2. The van der Waals surface area contributed by atoms with Gasteiger partial charge in [0.15, 0.2) is 5.84 Å². The van der Waals surface area contributed by atoms with E-state index in [1.165, 1.54) is 0 Å². The molecule has 0 saturated carbocycles. The summed E-state index contributed by atoms with van der Waals surface area (Å²) in [6, 6.07) is -0.118. The van der Waals surface area contributed by atoms with Crippen molar-refractivity contribution in [2.24, 2.45) is 10.9 Å². The number of hydrogen-bond donors (Lipinski definition) is 2. The van der Waals surface area contributed by atoms with E-state index in [-0.39, 0.29) is 17.8 Å². The van der Waals surface area contributed by atoms with Gasteiger partial charge in [-0.3, -0.25) is 9.69 Å². The van der Waals surface area contributed by atoms with Crippen molar-refractivity contribution in [3.05, 3.63) is 0 Å². The molecular weight excluding hydrogens is 260 g/mol. The molecule has 1 heterocycles. The second-order valence-electron chi connectivity index (χ2n) is 5.76. The highest BCUT2D eigenvalue weighted by molar-refractivity contribution is 5.84. The lowest BCUT2D eigenvalue weighted by Gasteiger charge is -2.38. The molecule has 0 spiro atoms. The first-order valence-corrected chi connectivity index (χ1v) is 6.85. The van der Waals surface area contributed by atoms with E-state index < -0.39 is 5.60 Å². The molecule has 7 heteroatoms. The predicted molar refractivity (Wildman–Crippen MR) is 76.7 cm³/mol. The lowest BCUT2D eigenvalue weighted by atomic mass is 10.0. The van der Waals surface area contributed by atoms with Gasteiger partial charge in [0.05, 0.1) is 18.1 Å². The van der Waals surface area contributed by atoms with Crippen LogP contribution in [0.5, 0.6) is 0 Å². The first kappa shape index (κ1) is 16.7. The Balaban J connectivity index is 2.48. The van der Waals surface area contributed by atoms with Gasteiger partial charge in [-0.05, 0) is 20.8 Å². The monoisotopic (exact) mass is 286 g/mol. The van der Waals surface area contributed by atoms with Crippen molar-refractivity contribution in [3.8, 4) is 0 Å². The second-order valence-corrected chi connectivity index (χ2v) is 5.76. The van der Waals surface area contributed by atoms with Crippen LogP contribution in [-0.4, -0.2) is 71.7 Å². The van der Waals surface area contributed by atoms with Crippen LogP contribution in [-0.2, 0) is 9.53 Å². The minimum atomic E-state index is -0.435. The van der Waals surface area contributed by atoms with Crippen LogP contribution in [0.25, 0.3) is 0 Å². The molecule has 1 atom stereocenters. The van der Waals surface area contributed by atoms with Crippen LogP contribution in [0.4, 0.5) is 0 Å². The molecule has 1 amide bonds. The molecule has 1 saturated heterocycles. The average Bonchev–Trinajstić information content (AvgIpc) is 2.45. The zero-order chi connectivity index (χ0) is 15.3. The molecule has 1 aliphatic heterocycles. The van der Waals surface area contributed by atoms with Crippen molar-refractivity contribution in [3.63, 3.8) is 0 Å². The third-order valence-corrected chi connectivity index (χ3v) is 3.89. The number of carbonyl (C=O) groups is 1. The normalized spacial score (nSPS) is 20.0. The molecule has 116 valence electrons. The van der Waals surface area contributed by atoms with Crippen molar-refractivity contribution >= 4 is 11.7 Å². The number of nitrogens with two attached hydrogens (primary N) is 1. The molecule has 1 aliphatic rings. The SMILES string of the molecule is COC(C)(C)CC(=O)N1CCN(C(C)C(N)=NO)CC1. The topological polar surface area (TPSA) is 91.4 Å². The minimum absolute atomic E-state index is 0.105. The van der Waals surface area contributed by atoms with E-state index in [2.05, 4.69) is 10.1 Å². The lowest BCUT2D eigenvalue weighted by molar-refractivity contribution is -0.138. The highest BCUT2D eigenvalue weighted by Gasteiger charge is 2.29. The van der Waals surface area contributed by atoms with Crippen molar-refractivity contribution in [2.45, 2.75) is 38.8 Å². The Morgan fingerprint density at radius 1 is 1.40 bits per heavy atom. The molecule has 0 bridgehead atoms. The molecule has 0 aromatic carbocycles. The number of ether oxygens (including phenoxy) is 1. The molecule has 0 aromatic heterocycles. The van der Waals surface area contributed by atoms with Gasteiger partial charge < -0.3 is 20.6 Å². The van der Waals surface area contributed by atoms with Gasteiger partial charge in [-0.25, -0.2) is 0 Å². The third-order valence-electron chi connectivity index (χ3n) is 3.89. The lowest BCUT2D eigenvalue weighted by Crippen LogP contribution is -2.54. The third kappa shape index (κ3) is 4.35. The summed E-state index contributed by atoms with van der Waals surface area (Å²) in [4.78, 5) is 16.1. The number of carbonyl (C=O) groups excluding carboxylic acids is 1. The van der Waals surface area contributed by atoms with Gasteiger partial charge in [-0.2, -0.15) is 0 Å². The smallest absolute Gasteiger partial charge is 0.225 e. The fourth-order valence-electron chi connectivity index (χ4n) is 2.18. The summed E-state index contributed by atoms with van der Waals surface area (Å²) in [6.07, 6.45) is 0.374. The highest BCUT2D eigenvalue weighted by Crippen LogP contribution is 2.16. The van der Waals surface area contributed by atoms with Crippen LogP contribution >= 0.6 is 0 Å². The Labute approximate surface area is 120 Å². The molecular formula is C13H26N4O3. The maximum Gasteiger partial charge on any atom is 0.225 e. The number of oxime groups is 1. The Morgan fingerprint density at radius 2 is 1.95 bits per heavy atom. The van der Waals surface area contributed by atoms with E-state index in [0.29, 0.717) is 19.5 Å². The molecule has 20 heavy (non-hydrogen) atoms. The molecule has 1 unspecified atom stereocenters. The Morgan fingerprint density at radius 3 is 2.40 bits per heavy atom. The average molecular weight is 286 g/mol. The van der Waals surface area contributed by atoms with Crippen LogP contribution in [0.1, 0.15) is 27.2 Å². The van der Waals surface area contributed by atoms with Crippen LogP contribution in [0.2, 0.25) is 0 Å². The molecule has 3 N–H and O–H groups in total. The minimum Gasteiger partial charge on any atom is -0.409 e. The quantitative estimate of drug-likeness (QED) is 0.323. The number of amidine groups is 1. The maximum absolute atomic E-state index is 12.2. The van der Waals surface area contributed by atoms with Gasteiger partial charge in [0.1, 0.15) is 0 Å². The fourth-order valence-corrected chi connectivity index (χ4v) is 2.18. The Bertz CT molecular complexity index is 363. The van der Waals surface area contributed by atoms with Crippen LogP contribution in [0, 0.1) is 0 Å². The van der Waals surface area contributed by atoms with Crippen LogP contribution < -0.4 is 5.73 Å². The zero-order valence-electron chi connectivity index (χ0n) is 12.8. The fraction of sp³-hybridized carbons (Fsp3) is 0.846. The molecule has 0 aliphatic carbocycles. The van der Waals surface area contributed by atoms with Crippen LogP contribution in [0.3, 0.4) is 0 Å². The first-order valence-electron chi connectivity index (χ1n) is 6.85. The van der Waals surface area contributed by atoms with Gasteiger partial charge in [0.2, 0.25) is 5.91 Å². The molecule has 0 radical (unpaired) electrons. The van der Waals surface area contributed by atoms with E-state index in [1.807, 2.05) is 25.7 Å². The van der Waals surface area contributed by atoms with E-state index in [9.17, 15) is 4.79 Å². The van der Waals surface area contributed by atoms with Crippen LogP contribution in [0.15, 0.2) is 5.16 Å². The standard InChI is InChI=1S/C13H26N4O3/c1-10(12(14)15-19)16-5-7-17(8-6-16)11(18)9-13(2,3)20-4/h10,19H,5-9H2,1-4H3,(H2,14,15). The van der Waals surface area contributed by atoms with E-state index in [4.69, 9.17) is 15.7 Å². The van der Waals surface area contributed by atoms with Crippen molar-refractivity contribution in [1.29, 1.82) is 0 Å². The summed E-state index contributed by atoms with van der Waals surface area (Å²) in [7, 11) is 1.61. The number of nitrogens with zero attached hydrogens (tertiary/aromatic N) is 3. The molecule has 1 fully saturated rings. The highest BCUT2D eigenvalue weighted by atomic mass is 16.5. The number of hydrogen-bond acceptors (Lipinski definition) is 5. The number of piperazine rings is 1. The number of amides is 1. The summed E-state index contributed by atoms with van der Waals surface area (Å²) in [5.41, 5.74) is 5.17. The first-order chi connectivity index (χ1) is 9.30. The molecule has 1 rings (SSSR count). The van der Waals surface area contributed by atoms with Crippen molar-refractivity contribution < 1.29 is 14.7 Å².